The van der Waals surface area contributed by atoms with Gasteiger partial charge in [-0.1, -0.05) is 0 Å². The molecule has 0 aliphatic rings. The Kier molecular flexibility index (Phi) is 8.99. The number of carbonyl (C=O) groups excluding carboxylic acids is 1. The monoisotopic (exact) mass is 423 g/mol. The maximum absolute atomic E-state index is 11.8. The molecular weight excluding hydrogens is 397 g/mol. The van der Waals surface area contributed by atoms with Gasteiger partial charge < -0.3 is 16.0 Å². The molecule has 0 saturated heterocycles. The summed E-state index contributed by atoms with van der Waals surface area (Å²) in [7, 11) is 1.81. The van der Waals surface area contributed by atoms with E-state index in [0.29, 0.717) is 19.0 Å². The lowest BCUT2D eigenvalue weighted by Crippen LogP contribution is -2.48. The second-order valence-corrected chi connectivity index (χ2v) is 5.65. The maximum Gasteiger partial charge on any atom is 0.239 e. The maximum atomic E-state index is 11.8. The number of guanidine groups is 1. The van der Waals surface area contributed by atoms with Crippen LogP contribution in [0.5, 0.6) is 0 Å². The highest BCUT2D eigenvalue weighted by atomic mass is 127. The molecule has 1 heterocycles. The standard InChI is InChI=1S/C13H25N7O.HI/c1-6-14-12(15-7-10-17-9-18-20(10)5)16-8-11(21)19-13(2,3)4;/h9H,6-8H2,1-5H3,(H,19,21)(H2,14,15,16);1H. The topological polar surface area (TPSA) is 96.2 Å². The summed E-state index contributed by atoms with van der Waals surface area (Å²) in [6.45, 7) is 9.07. The Balaban J connectivity index is 0.00000441. The lowest BCUT2D eigenvalue weighted by Gasteiger charge is -2.21. The Bertz CT molecular complexity index is 493. The van der Waals surface area contributed by atoms with Crippen molar-refractivity contribution < 1.29 is 4.79 Å². The molecule has 0 bridgehead atoms. The minimum atomic E-state index is -0.243. The Morgan fingerprint density at radius 2 is 2.05 bits per heavy atom. The molecule has 1 amide bonds. The van der Waals surface area contributed by atoms with Crippen molar-refractivity contribution in [2.24, 2.45) is 12.0 Å². The molecule has 1 aromatic rings. The molecule has 0 aromatic carbocycles. The molecule has 0 aliphatic heterocycles. The number of carbonyl (C=O) groups is 1. The number of aliphatic imine (C=N–C) groups is 1. The SMILES string of the molecule is CCNC(=NCc1ncnn1C)NCC(=O)NC(C)(C)C.I. The fourth-order valence-electron chi connectivity index (χ4n) is 1.58. The van der Waals surface area contributed by atoms with Crippen LogP contribution in [0.3, 0.4) is 0 Å². The van der Waals surface area contributed by atoms with E-state index in [9.17, 15) is 4.79 Å². The van der Waals surface area contributed by atoms with E-state index >= 15 is 0 Å². The lowest BCUT2D eigenvalue weighted by molar-refractivity contribution is -0.121. The van der Waals surface area contributed by atoms with Gasteiger partial charge >= 0.3 is 0 Å². The van der Waals surface area contributed by atoms with Crippen LogP contribution in [0.25, 0.3) is 0 Å². The van der Waals surface area contributed by atoms with Gasteiger partial charge in [0, 0.05) is 19.1 Å². The van der Waals surface area contributed by atoms with Crippen LogP contribution in [0.4, 0.5) is 0 Å². The molecular formula is C13H26IN7O. The zero-order valence-corrected chi connectivity index (χ0v) is 16.1. The molecule has 126 valence electrons. The summed E-state index contributed by atoms with van der Waals surface area (Å²) in [5.41, 5.74) is -0.243. The van der Waals surface area contributed by atoms with Crippen molar-refractivity contribution in [1.29, 1.82) is 0 Å². The van der Waals surface area contributed by atoms with E-state index in [4.69, 9.17) is 0 Å². The molecule has 0 fully saturated rings. The molecule has 0 aliphatic carbocycles. The van der Waals surface area contributed by atoms with Crippen LogP contribution in [0.2, 0.25) is 0 Å². The Morgan fingerprint density at radius 3 is 2.55 bits per heavy atom. The molecule has 22 heavy (non-hydrogen) atoms. The summed E-state index contributed by atoms with van der Waals surface area (Å²) in [4.78, 5) is 20.2. The third-order valence-corrected chi connectivity index (χ3v) is 2.46. The zero-order valence-electron chi connectivity index (χ0n) is 13.8. The third-order valence-electron chi connectivity index (χ3n) is 2.46. The van der Waals surface area contributed by atoms with Gasteiger partial charge in [0.2, 0.25) is 5.91 Å². The Hall–Kier alpha value is -1.39. The minimum absolute atomic E-state index is 0. The summed E-state index contributed by atoms with van der Waals surface area (Å²) in [5, 5.41) is 12.9. The first kappa shape index (κ1) is 20.6. The summed E-state index contributed by atoms with van der Waals surface area (Å²) in [5.74, 6) is 1.25. The van der Waals surface area contributed by atoms with E-state index in [1.807, 2.05) is 34.7 Å². The van der Waals surface area contributed by atoms with Crippen molar-refractivity contribution in [2.75, 3.05) is 13.1 Å². The minimum Gasteiger partial charge on any atom is -0.357 e. The van der Waals surface area contributed by atoms with E-state index in [2.05, 4.69) is 31.0 Å². The van der Waals surface area contributed by atoms with Gasteiger partial charge in [-0.2, -0.15) is 5.10 Å². The number of hydrogen-bond donors (Lipinski definition) is 3. The van der Waals surface area contributed by atoms with Gasteiger partial charge in [-0.25, -0.2) is 9.98 Å². The highest BCUT2D eigenvalue weighted by molar-refractivity contribution is 14.0. The van der Waals surface area contributed by atoms with Crippen LogP contribution in [-0.2, 0) is 18.4 Å². The molecule has 3 N–H and O–H groups in total. The van der Waals surface area contributed by atoms with Gasteiger partial charge in [0.05, 0.1) is 6.54 Å². The molecule has 0 radical (unpaired) electrons. The molecule has 8 nitrogen and oxygen atoms in total. The molecule has 1 aromatic heterocycles. The quantitative estimate of drug-likeness (QED) is 0.362. The van der Waals surface area contributed by atoms with E-state index < -0.39 is 0 Å². The Labute approximate surface area is 148 Å². The molecule has 0 atom stereocenters. The molecule has 0 unspecified atom stereocenters. The first-order valence-corrected chi connectivity index (χ1v) is 6.98. The second kappa shape index (κ2) is 9.59. The van der Waals surface area contributed by atoms with Gasteiger partial charge in [-0.3, -0.25) is 9.48 Å². The van der Waals surface area contributed by atoms with Crippen molar-refractivity contribution in [3.05, 3.63) is 12.2 Å². The van der Waals surface area contributed by atoms with Crippen LogP contribution in [-0.4, -0.2) is 45.3 Å². The number of hydrogen-bond acceptors (Lipinski definition) is 4. The van der Waals surface area contributed by atoms with Crippen molar-refractivity contribution in [3.63, 3.8) is 0 Å². The number of aryl methyl sites for hydroxylation is 1. The smallest absolute Gasteiger partial charge is 0.239 e. The molecule has 0 saturated carbocycles. The largest absolute Gasteiger partial charge is 0.357 e. The van der Waals surface area contributed by atoms with Gasteiger partial charge in [-0.05, 0) is 27.7 Å². The van der Waals surface area contributed by atoms with Gasteiger partial charge in [0.25, 0.3) is 0 Å². The van der Waals surface area contributed by atoms with E-state index in [1.54, 1.807) is 4.68 Å². The number of aromatic nitrogens is 3. The molecule has 9 heteroatoms. The van der Waals surface area contributed by atoms with Crippen LogP contribution in [0, 0.1) is 0 Å². The number of nitrogens with one attached hydrogen (secondary N) is 3. The van der Waals surface area contributed by atoms with Gasteiger partial charge in [0.1, 0.15) is 18.7 Å². The first-order valence-electron chi connectivity index (χ1n) is 6.98. The summed E-state index contributed by atoms with van der Waals surface area (Å²) < 4.78 is 1.67. The number of rotatable bonds is 5. The van der Waals surface area contributed by atoms with Gasteiger partial charge in [0.15, 0.2) is 5.96 Å². The summed E-state index contributed by atoms with van der Waals surface area (Å²) >= 11 is 0. The summed E-state index contributed by atoms with van der Waals surface area (Å²) in [6.07, 6.45) is 1.49. The number of halogens is 1. The molecule has 0 spiro atoms. The zero-order chi connectivity index (χ0) is 15.9. The predicted molar refractivity (Wildman–Crippen MR) is 97.1 cm³/mol. The van der Waals surface area contributed by atoms with E-state index in [1.165, 1.54) is 6.33 Å². The van der Waals surface area contributed by atoms with Crippen LogP contribution < -0.4 is 16.0 Å². The highest BCUT2D eigenvalue weighted by Crippen LogP contribution is 1.97. The van der Waals surface area contributed by atoms with E-state index in [-0.39, 0.29) is 42.0 Å². The van der Waals surface area contributed by atoms with Crippen molar-refractivity contribution in [1.82, 2.24) is 30.7 Å². The summed E-state index contributed by atoms with van der Waals surface area (Å²) in [6, 6.07) is 0. The fourth-order valence-corrected chi connectivity index (χ4v) is 1.58. The van der Waals surface area contributed by atoms with Crippen molar-refractivity contribution in [3.8, 4) is 0 Å². The van der Waals surface area contributed by atoms with Crippen LogP contribution >= 0.6 is 24.0 Å². The van der Waals surface area contributed by atoms with E-state index in [0.717, 1.165) is 5.82 Å². The normalized spacial score (nSPS) is 11.6. The lowest BCUT2D eigenvalue weighted by atomic mass is 10.1. The Morgan fingerprint density at radius 1 is 1.36 bits per heavy atom. The average molecular weight is 423 g/mol. The second-order valence-electron chi connectivity index (χ2n) is 5.65. The fraction of sp³-hybridized carbons (Fsp3) is 0.692. The van der Waals surface area contributed by atoms with Gasteiger partial charge in [-0.15, -0.1) is 24.0 Å². The number of nitrogens with zero attached hydrogens (tertiary/aromatic N) is 4. The highest BCUT2D eigenvalue weighted by Gasteiger charge is 2.13. The van der Waals surface area contributed by atoms with Crippen LogP contribution in [0.1, 0.15) is 33.5 Å². The molecule has 1 rings (SSSR count). The number of amides is 1. The third kappa shape index (κ3) is 8.15. The first-order chi connectivity index (χ1) is 9.81. The van der Waals surface area contributed by atoms with Crippen LogP contribution in [0.15, 0.2) is 11.3 Å². The van der Waals surface area contributed by atoms with Crippen molar-refractivity contribution in [2.45, 2.75) is 39.8 Å². The average Bonchev–Trinajstić information content (AvgIpc) is 2.76. The van der Waals surface area contributed by atoms with Crippen molar-refractivity contribution >= 4 is 35.8 Å². The predicted octanol–water partition coefficient (Wildman–Crippen LogP) is 0.403.